The minimum atomic E-state index is -0.218. The lowest BCUT2D eigenvalue weighted by Gasteiger charge is -2.09. The van der Waals surface area contributed by atoms with E-state index in [2.05, 4.69) is 15.5 Å². The predicted molar refractivity (Wildman–Crippen MR) is 87.2 cm³/mol. The molecule has 0 aliphatic rings. The number of aromatic nitrogens is 2. The molecular weight excluding hydrogens is 326 g/mol. The molecule has 1 amide bonds. The van der Waals surface area contributed by atoms with Gasteiger partial charge in [0.15, 0.2) is 4.34 Å². The smallest absolute Gasteiger partial charge is 0.295 e. The Morgan fingerprint density at radius 2 is 2.24 bits per heavy atom. The van der Waals surface area contributed by atoms with Gasteiger partial charge in [0.05, 0.1) is 17.9 Å². The number of thiophene rings is 1. The van der Waals surface area contributed by atoms with Gasteiger partial charge in [-0.3, -0.25) is 4.79 Å². The Labute approximate surface area is 136 Å². The number of hydrogen-bond donors (Lipinski definition) is 1. The maximum Gasteiger partial charge on any atom is 0.295 e. The van der Waals surface area contributed by atoms with E-state index in [0.717, 1.165) is 9.22 Å². The van der Waals surface area contributed by atoms with Gasteiger partial charge in [0.1, 0.15) is 0 Å². The second-order valence-corrected chi connectivity index (χ2v) is 8.12. The largest absolute Gasteiger partial charge is 0.466 e. The summed E-state index contributed by atoms with van der Waals surface area (Å²) in [5.74, 6) is -0.00470. The Balaban J connectivity index is 1.81. The number of ether oxygens (including phenoxy) is 1. The average Bonchev–Trinajstić information content (AvgIpc) is 3.07. The molecule has 2 aromatic rings. The third-order valence-electron chi connectivity index (χ3n) is 2.39. The molecular formula is C13H17N3O2S3. The van der Waals surface area contributed by atoms with Crippen LogP contribution < -0.4 is 10.1 Å². The first kappa shape index (κ1) is 16.3. The quantitative estimate of drug-likeness (QED) is 0.782. The molecule has 0 bridgehead atoms. The first-order valence-electron chi connectivity index (χ1n) is 6.51. The van der Waals surface area contributed by atoms with Crippen LogP contribution in [0.1, 0.15) is 25.6 Å². The van der Waals surface area contributed by atoms with Gasteiger partial charge in [-0.15, -0.1) is 16.4 Å². The van der Waals surface area contributed by atoms with Gasteiger partial charge in [-0.1, -0.05) is 22.9 Å². The van der Waals surface area contributed by atoms with Crippen LogP contribution in [0.4, 0.5) is 0 Å². The minimum Gasteiger partial charge on any atom is -0.466 e. The second-order valence-electron chi connectivity index (χ2n) is 4.56. The van der Waals surface area contributed by atoms with Crippen LogP contribution in [0.5, 0.6) is 5.19 Å². The van der Waals surface area contributed by atoms with Crippen molar-refractivity contribution in [2.45, 2.75) is 43.0 Å². The molecule has 8 heteroatoms. The summed E-state index contributed by atoms with van der Waals surface area (Å²) in [6.45, 7) is 6.31. The molecule has 0 aliphatic carbocycles. The number of rotatable bonds is 7. The van der Waals surface area contributed by atoms with Crippen LogP contribution in [0, 0.1) is 0 Å². The van der Waals surface area contributed by atoms with Gasteiger partial charge in [0.2, 0.25) is 5.91 Å². The van der Waals surface area contributed by atoms with Crippen LogP contribution in [-0.2, 0) is 11.3 Å². The van der Waals surface area contributed by atoms with Crippen molar-refractivity contribution in [3.63, 3.8) is 0 Å². The molecule has 5 nitrogen and oxygen atoms in total. The van der Waals surface area contributed by atoms with Crippen molar-refractivity contribution in [1.29, 1.82) is 0 Å². The number of thioether (sulfide) groups is 1. The Bertz CT molecular complexity index is 569. The van der Waals surface area contributed by atoms with Gasteiger partial charge in [-0.25, -0.2) is 0 Å². The van der Waals surface area contributed by atoms with Crippen molar-refractivity contribution in [3.8, 4) is 5.19 Å². The van der Waals surface area contributed by atoms with Gasteiger partial charge >= 0.3 is 0 Å². The van der Waals surface area contributed by atoms with E-state index in [1.807, 2.05) is 38.3 Å². The van der Waals surface area contributed by atoms with E-state index in [1.165, 1.54) is 23.1 Å². The number of carbonyl (C=O) groups is 1. The predicted octanol–water partition coefficient (Wildman–Crippen LogP) is 3.18. The van der Waals surface area contributed by atoms with Crippen LogP contribution >= 0.6 is 34.4 Å². The highest BCUT2D eigenvalue weighted by Gasteiger charge is 2.17. The highest BCUT2D eigenvalue weighted by molar-refractivity contribution is 8.02. The zero-order valence-corrected chi connectivity index (χ0v) is 14.5. The Hall–Kier alpha value is -1.12. The number of nitrogens with one attached hydrogen (secondary N) is 1. The van der Waals surface area contributed by atoms with Gasteiger partial charge in [0, 0.05) is 4.88 Å². The zero-order valence-electron chi connectivity index (χ0n) is 12.0. The normalized spacial score (nSPS) is 12.4. The molecule has 2 aromatic heterocycles. The molecule has 114 valence electrons. The van der Waals surface area contributed by atoms with Crippen LogP contribution in [0.3, 0.4) is 0 Å². The molecule has 0 saturated carbocycles. The second kappa shape index (κ2) is 7.77. The third-order valence-corrected chi connectivity index (χ3v) is 5.26. The molecule has 1 atom stereocenters. The van der Waals surface area contributed by atoms with E-state index in [4.69, 9.17) is 4.74 Å². The lowest BCUT2D eigenvalue weighted by Crippen LogP contribution is -2.30. The van der Waals surface area contributed by atoms with E-state index >= 15 is 0 Å². The maximum atomic E-state index is 12.0. The van der Waals surface area contributed by atoms with Crippen LogP contribution in [0.2, 0.25) is 0 Å². The fourth-order valence-corrected chi connectivity index (χ4v) is 4.05. The molecule has 2 rings (SSSR count). The van der Waals surface area contributed by atoms with Crippen molar-refractivity contribution >= 4 is 40.3 Å². The third kappa shape index (κ3) is 5.29. The van der Waals surface area contributed by atoms with Gasteiger partial charge in [-0.2, -0.15) is 0 Å². The number of carbonyl (C=O) groups excluding carboxylic acids is 1. The van der Waals surface area contributed by atoms with Crippen molar-refractivity contribution in [2.24, 2.45) is 0 Å². The summed E-state index contributed by atoms with van der Waals surface area (Å²) < 4.78 is 6.21. The molecule has 0 fully saturated rings. The molecule has 1 N–H and O–H groups in total. The van der Waals surface area contributed by atoms with Crippen molar-refractivity contribution < 1.29 is 9.53 Å². The van der Waals surface area contributed by atoms with Crippen LogP contribution in [0.25, 0.3) is 0 Å². The molecule has 2 heterocycles. The first-order chi connectivity index (χ1) is 10.0. The summed E-state index contributed by atoms with van der Waals surface area (Å²) in [7, 11) is 0. The van der Waals surface area contributed by atoms with Crippen molar-refractivity contribution in [3.05, 3.63) is 22.4 Å². The fourth-order valence-electron chi connectivity index (χ4n) is 1.43. The van der Waals surface area contributed by atoms with Crippen molar-refractivity contribution in [1.82, 2.24) is 15.5 Å². The average molecular weight is 343 g/mol. The van der Waals surface area contributed by atoms with E-state index < -0.39 is 0 Å². The summed E-state index contributed by atoms with van der Waals surface area (Å²) in [4.78, 5) is 13.2. The van der Waals surface area contributed by atoms with E-state index in [0.29, 0.717) is 11.7 Å². The minimum absolute atomic E-state index is 0.00470. The maximum absolute atomic E-state index is 12.0. The molecule has 0 aromatic carbocycles. The monoisotopic (exact) mass is 343 g/mol. The summed E-state index contributed by atoms with van der Waals surface area (Å²) in [6.07, 6.45) is 0.0716. The lowest BCUT2D eigenvalue weighted by molar-refractivity contribution is -0.120. The number of nitrogens with zero attached hydrogens (tertiary/aromatic N) is 2. The van der Waals surface area contributed by atoms with E-state index in [1.54, 1.807) is 11.3 Å². The van der Waals surface area contributed by atoms with Gasteiger partial charge in [0.25, 0.3) is 5.19 Å². The molecule has 0 saturated heterocycles. The topological polar surface area (TPSA) is 64.1 Å². The lowest BCUT2D eigenvalue weighted by atomic mass is 10.4. The SMILES string of the molecule is CC(C)Oc1nnc(S[C@@H](C)C(=O)NCc2cccs2)s1. The number of hydrogen-bond acceptors (Lipinski definition) is 7. The summed E-state index contributed by atoms with van der Waals surface area (Å²) in [5.41, 5.74) is 0. The van der Waals surface area contributed by atoms with Gasteiger partial charge in [-0.05, 0) is 43.6 Å². The highest BCUT2D eigenvalue weighted by Crippen LogP contribution is 2.30. The van der Waals surface area contributed by atoms with Crippen LogP contribution in [0.15, 0.2) is 21.9 Å². The Morgan fingerprint density at radius 3 is 2.90 bits per heavy atom. The summed E-state index contributed by atoms with van der Waals surface area (Å²) in [6, 6.07) is 3.98. The van der Waals surface area contributed by atoms with Crippen molar-refractivity contribution in [2.75, 3.05) is 0 Å². The molecule has 0 radical (unpaired) electrons. The molecule has 0 unspecified atom stereocenters. The zero-order chi connectivity index (χ0) is 15.2. The fraction of sp³-hybridized carbons (Fsp3) is 0.462. The molecule has 0 spiro atoms. The standard InChI is InChI=1S/C13H17N3O2S3/c1-8(2)18-12-15-16-13(21-12)20-9(3)11(17)14-7-10-5-4-6-19-10/h4-6,8-9H,7H2,1-3H3,(H,14,17)/t9-/m0/s1. The molecule has 0 aliphatic heterocycles. The summed E-state index contributed by atoms with van der Waals surface area (Å²) >= 11 is 4.39. The first-order valence-corrected chi connectivity index (χ1v) is 9.09. The molecule has 21 heavy (non-hydrogen) atoms. The van der Waals surface area contributed by atoms with Gasteiger partial charge < -0.3 is 10.1 Å². The van der Waals surface area contributed by atoms with E-state index in [9.17, 15) is 4.79 Å². The van der Waals surface area contributed by atoms with E-state index in [-0.39, 0.29) is 17.3 Å². The summed E-state index contributed by atoms with van der Waals surface area (Å²) in [5, 5.41) is 13.2. The Kier molecular flexibility index (Phi) is 6.01. The van der Waals surface area contributed by atoms with Crippen LogP contribution in [-0.4, -0.2) is 27.5 Å². The highest BCUT2D eigenvalue weighted by atomic mass is 32.2. The number of amides is 1. The Morgan fingerprint density at radius 1 is 1.43 bits per heavy atom.